The second-order valence-corrected chi connectivity index (χ2v) is 7.47. The Morgan fingerprint density at radius 3 is 2.53 bits per heavy atom. The predicted molar refractivity (Wildman–Crippen MR) is 119 cm³/mol. The molecule has 0 spiro atoms. The number of benzene rings is 3. The van der Waals surface area contributed by atoms with E-state index in [0.29, 0.717) is 28.3 Å². The summed E-state index contributed by atoms with van der Waals surface area (Å²) in [4.78, 5) is 12.7. The number of carbonyl (C=O) groups is 1. The molecule has 0 aromatic heterocycles. The molecular formula is C25H20ClFN2O. The maximum atomic E-state index is 14.1. The van der Waals surface area contributed by atoms with Crippen molar-refractivity contribution in [2.45, 2.75) is 20.3 Å². The van der Waals surface area contributed by atoms with Gasteiger partial charge in [-0.15, -0.1) is 0 Å². The lowest BCUT2D eigenvalue weighted by atomic mass is 9.98. The lowest BCUT2D eigenvalue weighted by Gasteiger charge is -2.10. The van der Waals surface area contributed by atoms with E-state index in [-0.39, 0.29) is 11.4 Å². The zero-order valence-electron chi connectivity index (χ0n) is 16.7. The number of anilines is 1. The molecule has 150 valence electrons. The summed E-state index contributed by atoms with van der Waals surface area (Å²) in [5.41, 5.74) is 4.58. The van der Waals surface area contributed by atoms with Crippen LogP contribution in [0.25, 0.3) is 6.08 Å². The molecule has 3 nitrogen and oxygen atoms in total. The molecular weight excluding hydrogens is 399 g/mol. The number of rotatable bonds is 5. The SMILES string of the molecule is Cc1ccc(NC(=O)/C(C#N)=C/c2cc(Cl)ccc2Cc2ccccc2F)cc1C. The van der Waals surface area contributed by atoms with Gasteiger partial charge in [-0.1, -0.05) is 41.9 Å². The van der Waals surface area contributed by atoms with Crippen LogP contribution in [0.2, 0.25) is 5.02 Å². The molecule has 3 aromatic rings. The van der Waals surface area contributed by atoms with Crippen LogP contribution < -0.4 is 5.32 Å². The average molecular weight is 419 g/mol. The number of hydrogen-bond donors (Lipinski definition) is 1. The van der Waals surface area contributed by atoms with Crippen LogP contribution in [-0.4, -0.2) is 5.91 Å². The molecule has 5 heteroatoms. The molecule has 0 saturated carbocycles. The van der Waals surface area contributed by atoms with Crippen LogP contribution >= 0.6 is 11.6 Å². The van der Waals surface area contributed by atoms with E-state index >= 15 is 0 Å². The van der Waals surface area contributed by atoms with Gasteiger partial charge in [-0.2, -0.15) is 5.26 Å². The average Bonchev–Trinajstić information content (AvgIpc) is 2.72. The molecule has 0 aliphatic rings. The molecule has 1 amide bonds. The van der Waals surface area contributed by atoms with Crippen molar-refractivity contribution in [1.29, 1.82) is 5.26 Å². The molecule has 0 radical (unpaired) electrons. The van der Waals surface area contributed by atoms with Crippen molar-refractivity contribution in [2.75, 3.05) is 5.32 Å². The Labute approximate surface area is 180 Å². The molecule has 0 unspecified atom stereocenters. The van der Waals surface area contributed by atoms with Crippen molar-refractivity contribution in [3.63, 3.8) is 0 Å². The van der Waals surface area contributed by atoms with Crippen LogP contribution in [0.4, 0.5) is 10.1 Å². The van der Waals surface area contributed by atoms with Gasteiger partial charge in [0.2, 0.25) is 0 Å². The van der Waals surface area contributed by atoms with Crippen molar-refractivity contribution in [1.82, 2.24) is 0 Å². The number of carbonyl (C=O) groups excluding carboxylic acids is 1. The standard InChI is InChI=1S/C25H20ClFN2O/c1-16-7-10-23(11-17(16)2)29-25(30)21(15-28)13-20-14-22(26)9-8-18(20)12-19-5-3-4-6-24(19)27/h3-11,13-14H,12H2,1-2H3,(H,29,30)/b21-13+. The summed E-state index contributed by atoms with van der Waals surface area (Å²) in [5.74, 6) is -0.826. The first kappa shape index (κ1) is 21.3. The lowest BCUT2D eigenvalue weighted by Crippen LogP contribution is -2.13. The zero-order chi connectivity index (χ0) is 21.7. The van der Waals surface area contributed by atoms with Gasteiger partial charge in [-0.25, -0.2) is 4.39 Å². The fraction of sp³-hybridized carbons (Fsp3) is 0.120. The Morgan fingerprint density at radius 2 is 1.83 bits per heavy atom. The van der Waals surface area contributed by atoms with Crippen LogP contribution in [0.15, 0.2) is 66.2 Å². The fourth-order valence-corrected chi connectivity index (χ4v) is 3.21. The van der Waals surface area contributed by atoms with E-state index in [9.17, 15) is 14.4 Å². The summed E-state index contributed by atoms with van der Waals surface area (Å²) >= 11 is 6.13. The molecule has 3 rings (SSSR count). The summed E-state index contributed by atoms with van der Waals surface area (Å²) in [6, 6.07) is 19.1. The van der Waals surface area contributed by atoms with Gasteiger partial charge in [-0.3, -0.25) is 4.79 Å². The summed E-state index contributed by atoms with van der Waals surface area (Å²) in [7, 11) is 0. The van der Waals surface area contributed by atoms with E-state index in [0.717, 1.165) is 16.7 Å². The van der Waals surface area contributed by atoms with Gasteiger partial charge in [0.15, 0.2) is 0 Å². The smallest absolute Gasteiger partial charge is 0.266 e. The van der Waals surface area contributed by atoms with E-state index in [4.69, 9.17) is 11.6 Å². The summed E-state index contributed by atoms with van der Waals surface area (Å²) in [5, 5.41) is 12.8. The third kappa shape index (κ3) is 5.14. The van der Waals surface area contributed by atoms with E-state index in [2.05, 4.69) is 5.32 Å². The van der Waals surface area contributed by atoms with E-state index in [1.54, 1.807) is 42.5 Å². The van der Waals surface area contributed by atoms with Gasteiger partial charge >= 0.3 is 0 Å². The maximum Gasteiger partial charge on any atom is 0.266 e. The van der Waals surface area contributed by atoms with Gasteiger partial charge in [0.1, 0.15) is 17.5 Å². The molecule has 0 atom stereocenters. The molecule has 0 fully saturated rings. The van der Waals surface area contributed by atoms with Crippen molar-refractivity contribution < 1.29 is 9.18 Å². The highest BCUT2D eigenvalue weighted by molar-refractivity contribution is 6.30. The number of amides is 1. The molecule has 30 heavy (non-hydrogen) atoms. The van der Waals surface area contributed by atoms with Gasteiger partial charge in [-0.05, 0) is 78.1 Å². The van der Waals surface area contributed by atoms with E-state index in [1.807, 2.05) is 32.0 Å². The molecule has 1 N–H and O–H groups in total. The third-order valence-corrected chi connectivity index (χ3v) is 5.11. The first-order valence-electron chi connectivity index (χ1n) is 9.39. The van der Waals surface area contributed by atoms with Crippen molar-refractivity contribution in [2.24, 2.45) is 0 Å². The summed E-state index contributed by atoms with van der Waals surface area (Å²) < 4.78 is 14.1. The summed E-state index contributed by atoms with van der Waals surface area (Å²) in [6.07, 6.45) is 1.80. The molecule has 0 heterocycles. The molecule has 0 bridgehead atoms. The second kappa shape index (κ2) is 9.39. The van der Waals surface area contributed by atoms with Crippen molar-refractivity contribution in [3.05, 3.63) is 105 Å². The van der Waals surface area contributed by atoms with E-state index in [1.165, 1.54) is 12.1 Å². The third-order valence-electron chi connectivity index (χ3n) is 4.88. The molecule has 0 aliphatic heterocycles. The van der Waals surface area contributed by atoms with Gasteiger partial charge in [0, 0.05) is 17.1 Å². The highest BCUT2D eigenvalue weighted by Crippen LogP contribution is 2.23. The highest BCUT2D eigenvalue weighted by atomic mass is 35.5. The monoisotopic (exact) mass is 418 g/mol. The number of nitriles is 1. The minimum Gasteiger partial charge on any atom is -0.321 e. The lowest BCUT2D eigenvalue weighted by molar-refractivity contribution is -0.112. The van der Waals surface area contributed by atoms with Crippen LogP contribution in [0.5, 0.6) is 0 Å². The zero-order valence-corrected chi connectivity index (χ0v) is 17.4. The van der Waals surface area contributed by atoms with Gasteiger partial charge in [0.25, 0.3) is 5.91 Å². The Balaban J connectivity index is 1.92. The Bertz CT molecular complexity index is 1180. The first-order valence-corrected chi connectivity index (χ1v) is 9.77. The highest BCUT2D eigenvalue weighted by Gasteiger charge is 2.13. The number of halogens is 2. The molecule has 0 aliphatic carbocycles. The second-order valence-electron chi connectivity index (χ2n) is 7.03. The summed E-state index contributed by atoms with van der Waals surface area (Å²) in [6.45, 7) is 3.94. The Morgan fingerprint density at radius 1 is 1.07 bits per heavy atom. The van der Waals surface area contributed by atoms with Crippen LogP contribution in [0.3, 0.4) is 0 Å². The van der Waals surface area contributed by atoms with Crippen molar-refractivity contribution >= 4 is 29.3 Å². The van der Waals surface area contributed by atoms with E-state index < -0.39 is 5.91 Å². The first-order chi connectivity index (χ1) is 14.4. The van der Waals surface area contributed by atoms with Crippen LogP contribution in [0.1, 0.15) is 27.8 Å². The number of nitrogens with zero attached hydrogens (tertiary/aromatic N) is 1. The fourth-order valence-electron chi connectivity index (χ4n) is 3.03. The normalized spacial score (nSPS) is 11.1. The predicted octanol–water partition coefficient (Wildman–Crippen LogP) is 6.23. The van der Waals surface area contributed by atoms with Crippen molar-refractivity contribution in [3.8, 4) is 6.07 Å². The van der Waals surface area contributed by atoms with Crippen LogP contribution in [0, 0.1) is 31.0 Å². The number of aryl methyl sites for hydroxylation is 2. The van der Waals surface area contributed by atoms with Gasteiger partial charge < -0.3 is 5.32 Å². The number of hydrogen-bond acceptors (Lipinski definition) is 2. The quantitative estimate of drug-likeness (QED) is 0.394. The number of nitrogens with one attached hydrogen (secondary N) is 1. The Kier molecular flexibility index (Phi) is 6.66. The maximum absolute atomic E-state index is 14.1. The largest absolute Gasteiger partial charge is 0.321 e. The molecule has 0 saturated heterocycles. The topological polar surface area (TPSA) is 52.9 Å². The minimum absolute atomic E-state index is 0.0646. The molecule has 3 aromatic carbocycles. The van der Waals surface area contributed by atoms with Crippen LogP contribution in [-0.2, 0) is 11.2 Å². The Hall–Kier alpha value is -3.42. The van der Waals surface area contributed by atoms with Gasteiger partial charge in [0.05, 0.1) is 0 Å². The minimum atomic E-state index is -0.516.